The average Bonchev–Trinajstić information content (AvgIpc) is 2.72. The standard InChI is InChI=1S/C20H21BrN2O4/c1-26-19(24)17-8-7-16(13-18(17)21)22-9-11-23(12-10-22)20(25)27-14-15-5-3-2-4-6-15/h2-8,13H,9-12,14H2,1H3. The van der Waals surface area contributed by atoms with Gasteiger partial charge in [-0.05, 0) is 39.7 Å². The molecule has 0 bridgehead atoms. The van der Waals surface area contributed by atoms with Gasteiger partial charge in [-0.15, -0.1) is 0 Å². The Labute approximate surface area is 166 Å². The molecule has 27 heavy (non-hydrogen) atoms. The number of nitrogens with zero attached hydrogens (tertiary/aromatic N) is 2. The number of carbonyl (C=O) groups is 2. The van der Waals surface area contributed by atoms with Gasteiger partial charge in [-0.1, -0.05) is 30.3 Å². The van der Waals surface area contributed by atoms with Gasteiger partial charge in [0.2, 0.25) is 0 Å². The largest absolute Gasteiger partial charge is 0.465 e. The fourth-order valence-electron chi connectivity index (χ4n) is 2.93. The first-order valence-corrected chi connectivity index (χ1v) is 9.46. The molecule has 1 fully saturated rings. The molecule has 7 heteroatoms. The monoisotopic (exact) mass is 432 g/mol. The van der Waals surface area contributed by atoms with Crippen molar-refractivity contribution in [2.24, 2.45) is 0 Å². The first-order chi connectivity index (χ1) is 13.1. The zero-order valence-electron chi connectivity index (χ0n) is 15.1. The van der Waals surface area contributed by atoms with Crippen LogP contribution < -0.4 is 4.90 Å². The fraction of sp³-hybridized carbons (Fsp3) is 0.300. The second-order valence-corrected chi connectivity index (χ2v) is 7.02. The molecule has 1 amide bonds. The van der Waals surface area contributed by atoms with E-state index in [1.165, 1.54) is 7.11 Å². The Morgan fingerprint density at radius 3 is 2.37 bits per heavy atom. The molecule has 0 aliphatic carbocycles. The van der Waals surface area contributed by atoms with Crippen LogP contribution in [0.5, 0.6) is 0 Å². The van der Waals surface area contributed by atoms with Crippen LogP contribution in [-0.2, 0) is 16.1 Å². The summed E-state index contributed by atoms with van der Waals surface area (Å²) >= 11 is 3.42. The third-order valence-corrected chi connectivity index (χ3v) is 5.12. The van der Waals surface area contributed by atoms with E-state index < -0.39 is 0 Å². The van der Waals surface area contributed by atoms with Crippen LogP contribution in [0.3, 0.4) is 0 Å². The number of anilines is 1. The van der Waals surface area contributed by atoms with Crippen molar-refractivity contribution >= 4 is 33.7 Å². The van der Waals surface area contributed by atoms with Gasteiger partial charge in [0.05, 0.1) is 12.7 Å². The quantitative estimate of drug-likeness (QED) is 0.689. The average molecular weight is 433 g/mol. The predicted octanol–water partition coefficient (Wildman–Crippen LogP) is 3.69. The van der Waals surface area contributed by atoms with Crippen molar-refractivity contribution in [1.29, 1.82) is 0 Å². The van der Waals surface area contributed by atoms with Gasteiger partial charge in [0.25, 0.3) is 0 Å². The summed E-state index contributed by atoms with van der Waals surface area (Å²) in [5, 5.41) is 0. The molecular formula is C20H21BrN2O4. The first kappa shape index (κ1) is 19.2. The minimum Gasteiger partial charge on any atom is -0.465 e. The Hall–Kier alpha value is -2.54. The van der Waals surface area contributed by atoms with Crippen molar-refractivity contribution in [3.8, 4) is 0 Å². The maximum atomic E-state index is 12.2. The predicted molar refractivity (Wildman–Crippen MR) is 106 cm³/mol. The highest BCUT2D eigenvalue weighted by Gasteiger charge is 2.23. The summed E-state index contributed by atoms with van der Waals surface area (Å²) in [6.07, 6.45) is -0.291. The maximum absolute atomic E-state index is 12.2. The summed E-state index contributed by atoms with van der Waals surface area (Å²) < 4.78 is 10.8. The van der Waals surface area contributed by atoms with E-state index in [0.717, 1.165) is 11.3 Å². The molecule has 0 saturated carbocycles. The summed E-state index contributed by atoms with van der Waals surface area (Å²) in [7, 11) is 1.36. The highest BCUT2D eigenvalue weighted by molar-refractivity contribution is 9.10. The number of hydrogen-bond donors (Lipinski definition) is 0. The molecule has 0 unspecified atom stereocenters. The van der Waals surface area contributed by atoms with E-state index in [2.05, 4.69) is 20.8 Å². The van der Waals surface area contributed by atoms with Gasteiger partial charge < -0.3 is 19.3 Å². The fourth-order valence-corrected chi connectivity index (χ4v) is 3.46. The normalized spacial score (nSPS) is 14.0. The topological polar surface area (TPSA) is 59.1 Å². The Morgan fingerprint density at radius 2 is 1.74 bits per heavy atom. The summed E-state index contributed by atoms with van der Waals surface area (Å²) in [6, 6.07) is 15.2. The van der Waals surface area contributed by atoms with E-state index in [9.17, 15) is 9.59 Å². The lowest BCUT2D eigenvalue weighted by molar-refractivity contribution is 0.0599. The SMILES string of the molecule is COC(=O)c1ccc(N2CCN(C(=O)OCc3ccccc3)CC2)cc1Br. The number of piperazine rings is 1. The van der Waals surface area contributed by atoms with Crippen LogP contribution in [0.4, 0.5) is 10.5 Å². The van der Waals surface area contributed by atoms with Crippen LogP contribution in [-0.4, -0.2) is 50.3 Å². The van der Waals surface area contributed by atoms with E-state index in [0.29, 0.717) is 36.2 Å². The van der Waals surface area contributed by atoms with E-state index in [1.54, 1.807) is 11.0 Å². The Balaban J connectivity index is 1.53. The molecule has 0 atom stereocenters. The number of ether oxygens (including phenoxy) is 2. The summed E-state index contributed by atoms with van der Waals surface area (Å²) in [5.41, 5.74) is 2.45. The number of methoxy groups -OCH3 is 1. The molecule has 1 aliphatic heterocycles. The van der Waals surface area contributed by atoms with Gasteiger partial charge in [0.1, 0.15) is 6.61 Å². The Bertz CT molecular complexity index is 805. The van der Waals surface area contributed by atoms with Gasteiger partial charge in [0.15, 0.2) is 0 Å². The van der Waals surface area contributed by atoms with Crippen molar-refractivity contribution in [1.82, 2.24) is 4.90 Å². The molecule has 0 radical (unpaired) electrons. The number of esters is 1. The molecule has 6 nitrogen and oxygen atoms in total. The lowest BCUT2D eigenvalue weighted by atomic mass is 10.2. The molecular weight excluding hydrogens is 412 g/mol. The van der Waals surface area contributed by atoms with Gasteiger partial charge in [-0.25, -0.2) is 9.59 Å². The van der Waals surface area contributed by atoms with Crippen molar-refractivity contribution in [3.63, 3.8) is 0 Å². The van der Waals surface area contributed by atoms with E-state index in [-0.39, 0.29) is 18.7 Å². The van der Waals surface area contributed by atoms with Crippen LogP contribution in [0.15, 0.2) is 53.0 Å². The maximum Gasteiger partial charge on any atom is 0.410 e. The smallest absolute Gasteiger partial charge is 0.410 e. The second kappa shape index (κ2) is 8.90. The third-order valence-electron chi connectivity index (χ3n) is 4.47. The van der Waals surface area contributed by atoms with Crippen LogP contribution in [0.2, 0.25) is 0 Å². The second-order valence-electron chi connectivity index (χ2n) is 6.17. The zero-order valence-corrected chi connectivity index (χ0v) is 16.6. The molecule has 142 valence electrons. The van der Waals surface area contributed by atoms with E-state index in [4.69, 9.17) is 9.47 Å². The minimum absolute atomic E-state index is 0.280. The van der Waals surface area contributed by atoms with Crippen molar-refractivity contribution in [2.75, 3.05) is 38.2 Å². The van der Waals surface area contributed by atoms with Gasteiger partial charge in [0, 0.05) is 36.3 Å². The number of amides is 1. The van der Waals surface area contributed by atoms with Crippen molar-refractivity contribution in [2.45, 2.75) is 6.61 Å². The van der Waals surface area contributed by atoms with Crippen molar-refractivity contribution < 1.29 is 19.1 Å². The summed E-state index contributed by atoms with van der Waals surface area (Å²) in [5.74, 6) is -0.376. The number of rotatable bonds is 4. The number of carbonyl (C=O) groups excluding carboxylic acids is 2. The lowest BCUT2D eigenvalue weighted by Gasteiger charge is -2.35. The highest BCUT2D eigenvalue weighted by Crippen LogP contribution is 2.25. The van der Waals surface area contributed by atoms with Crippen LogP contribution >= 0.6 is 15.9 Å². The molecule has 1 heterocycles. The van der Waals surface area contributed by atoms with Crippen LogP contribution in [0.25, 0.3) is 0 Å². The summed E-state index contributed by atoms with van der Waals surface area (Å²) in [4.78, 5) is 27.8. The number of benzene rings is 2. The van der Waals surface area contributed by atoms with E-state index >= 15 is 0 Å². The Morgan fingerprint density at radius 1 is 1.04 bits per heavy atom. The summed E-state index contributed by atoms with van der Waals surface area (Å²) in [6.45, 7) is 2.85. The third kappa shape index (κ3) is 4.80. The molecule has 1 aliphatic rings. The molecule has 0 aromatic heterocycles. The Kier molecular flexibility index (Phi) is 6.34. The molecule has 1 saturated heterocycles. The number of halogens is 1. The number of hydrogen-bond acceptors (Lipinski definition) is 5. The zero-order chi connectivity index (χ0) is 19.2. The van der Waals surface area contributed by atoms with Gasteiger partial charge >= 0.3 is 12.1 Å². The molecule has 3 rings (SSSR count). The molecule has 0 spiro atoms. The highest BCUT2D eigenvalue weighted by atomic mass is 79.9. The lowest BCUT2D eigenvalue weighted by Crippen LogP contribution is -2.49. The first-order valence-electron chi connectivity index (χ1n) is 8.67. The van der Waals surface area contributed by atoms with E-state index in [1.807, 2.05) is 42.5 Å². The molecule has 0 N–H and O–H groups in total. The molecule has 2 aromatic carbocycles. The van der Waals surface area contributed by atoms with Crippen molar-refractivity contribution in [3.05, 3.63) is 64.1 Å². The van der Waals surface area contributed by atoms with Gasteiger partial charge in [-0.3, -0.25) is 0 Å². The van der Waals surface area contributed by atoms with Crippen LogP contribution in [0, 0.1) is 0 Å². The minimum atomic E-state index is -0.376. The van der Waals surface area contributed by atoms with Gasteiger partial charge in [-0.2, -0.15) is 0 Å². The molecule has 2 aromatic rings. The van der Waals surface area contributed by atoms with Crippen LogP contribution in [0.1, 0.15) is 15.9 Å².